The summed E-state index contributed by atoms with van der Waals surface area (Å²) in [5, 5.41) is 17.4. The summed E-state index contributed by atoms with van der Waals surface area (Å²) in [7, 11) is 1.38. The van der Waals surface area contributed by atoms with E-state index in [0.29, 0.717) is 35.6 Å². The molecule has 186 valence electrons. The quantitative estimate of drug-likeness (QED) is 0.358. The number of ether oxygens (including phenoxy) is 1. The molecular formula is C25H26FN7O3. The van der Waals surface area contributed by atoms with Crippen LogP contribution in [0.1, 0.15) is 38.1 Å². The second-order valence-corrected chi connectivity index (χ2v) is 8.91. The van der Waals surface area contributed by atoms with E-state index in [1.165, 1.54) is 13.2 Å². The standard InChI is InChI=1S/C25H26FN7O3/c1-25(2,11-10-22(34)35)21-9-4-6-15(28-21)13-33-14-20(31-32-33)19-12-18(29-24(27)30-19)16-7-5-8-17(26)23(16)36-3/h4-9,12,14H,10-11,13H2,1-3H3,(H,34,35)(H2,27,29,30). The van der Waals surface area contributed by atoms with Crippen LogP contribution in [0, 0.1) is 5.82 Å². The molecule has 11 heteroatoms. The average molecular weight is 492 g/mol. The lowest BCUT2D eigenvalue weighted by Gasteiger charge is -2.23. The monoisotopic (exact) mass is 491 g/mol. The fourth-order valence-corrected chi connectivity index (χ4v) is 3.80. The second kappa shape index (κ2) is 10.1. The predicted molar refractivity (Wildman–Crippen MR) is 131 cm³/mol. The first-order chi connectivity index (χ1) is 17.2. The first-order valence-electron chi connectivity index (χ1n) is 11.2. The van der Waals surface area contributed by atoms with Crippen LogP contribution in [0.3, 0.4) is 0 Å². The average Bonchev–Trinajstić information content (AvgIpc) is 3.31. The number of nitrogen functional groups attached to an aromatic ring is 1. The van der Waals surface area contributed by atoms with Gasteiger partial charge in [-0.1, -0.05) is 31.2 Å². The summed E-state index contributed by atoms with van der Waals surface area (Å²) in [6.07, 6.45) is 2.25. The Morgan fingerprint density at radius 1 is 1.11 bits per heavy atom. The van der Waals surface area contributed by atoms with Crippen molar-refractivity contribution in [3.8, 4) is 28.4 Å². The first-order valence-corrected chi connectivity index (χ1v) is 11.2. The van der Waals surface area contributed by atoms with Gasteiger partial charge in [-0.25, -0.2) is 19.0 Å². The molecule has 0 aliphatic carbocycles. The number of nitrogens with two attached hydrogens (primary N) is 1. The number of nitrogens with zero attached hydrogens (tertiary/aromatic N) is 6. The number of para-hydroxylation sites is 1. The molecule has 36 heavy (non-hydrogen) atoms. The number of hydrogen-bond acceptors (Lipinski definition) is 8. The predicted octanol–water partition coefficient (Wildman–Crippen LogP) is 3.72. The lowest BCUT2D eigenvalue weighted by atomic mass is 9.84. The van der Waals surface area contributed by atoms with Crippen molar-refractivity contribution in [1.29, 1.82) is 0 Å². The van der Waals surface area contributed by atoms with Gasteiger partial charge in [0, 0.05) is 23.1 Å². The Hall–Kier alpha value is -4.41. The minimum absolute atomic E-state index is 0.00123. The highest BCUT2D eigenvalue weighted by Crippen LogP contribution is 2.33. The van der Waals surface area contributed by atoms with Crippen LogP contribution in [0.15, 0.2) is 48.7 Å². The van der Waals surface area contributed by atoms with Crippen LogP contribution in [0.5, 0.6) is 5.75 Å². The largest absolute Gasteiger partial charge is 0.493 e. The van der Waals surface area contributed by atoms with Gasteiger partial charge in [-0.2, -0.15) is 0 Å². The van der Waals surface area contributed by atoms with Crippen LogP contribution in [0.2, 0.25) is 0 Å². The number of carboxylic acids is 1. The summed E-state index contributed by atoms with van der Waals surface area (Å²) in [5.74, 6) is -1.29. The van der Waals surface area contributed by atoms with E-state index in [4.69, 9.17) is 20.6 Å². The third-order valence-corrected chi connectivity index (χ3v) is 5.78. The number of benzene rings is 1. The summed E-state index contributed by atoms with van der Waals surface area (Å²) in [4.78, 5) is 24.2. The van der Waals surface area contributed by atoms with Crippen LogP contribution >= 0.6 is 0 Å². The Kier molecular flexibility index (Phi) is 6.91. The van der Waals surface area contributed by atoms with E-state index in [2.05, 4.69) is 20.3 Å². The molecule has 4 aromatic rings. The van der Waals surface area contributed by atoms with E-state index in [9.17, 15) is 9.18 Å². The van der Waals surface area contributed by atoms with Crippen molar-refractivity contribution in [2.24, 2.45) is 0 Å². The van der Waals surface area contributed by atoms with Crippen molar-refractivity contribution < 1.29 is 19.0 Å². The lowest BCUT2D eigenvalue weighted by Crippen LogP contribution is -2.21. The van der Waals surface area contributed by atoms with E-state index in [1.54, 1.807) is 29.1 Å². The number of rotatable bonds is 9. The summed E-state index contributed by atoms with van der Waals surface area (Å²) >= 11 is 0. The Bertz CT molecular complexity index is 1400. The van der Waals surface area contributed by atoms with Crippen molar-refractivity contribution in [3.05, 3.63) is 65.9 Å². The molecule has 3 N–H and O–H groups in total. The number of carbonyl (C=O) groups is 1. The number of carboxylic acid groups (broad SMARTS) is 1. The molecule has 3 heterocycles. The third kappa shape index (κ3) is 5.45. The summed E-state index contributed by atoms with van der Waals surface area (Å²) in [6.45, 7) is 4.29. The van der Waals surface area contributed by atoms with Crippen molar-refractivity contribution in [2.75, 3.05) is 12.8 Å². The van der Waals surface area contributed by atoms with Crippen LogP contribution in [0.25, 0.3) is 22.6 Å². The highest BCUT2D eigenvalue weighted by molar-refractivity contribution is 5.72. The molecule has 0 amide bonds. The van der Waals surface area contributed by atoms with Crippen LogP contribution < -0.4 is 10.5 Å². The van der Waals surface area contributed by atoms with Gasteiger partial charge in [0.15, 0.2) is 11.6 Å². The van der Waals surface area contributed by atoms with Crippen molar-refractivity contribution in [2.45, 2.75) is 38.6 Å². The molecule has 0 spiro atoms. The van der Waals surface area contributed by atoms with Gasteiger partial charge in [-0.15, -0.1) is 5.10 Å². The lowest BCUT2D eigenvalue weighted by molar-refractivity contribution is -0.137. The van der Waals surface area contributed by atoms with E-state index < -0.39 is 17.2 Å². The molecule has 0 fully saturated rings. The molecule has 0 aliphatic heterocycles. The molecule has 0 saturated heterocycles. The second-order valence-electron chi connectivity index (χ2n) is 8.91. The number of aromatic nitrogens is 6. The molecule has 0 atom stereocenters. The van der Waals surface area contributed by atoms with Crippen molar-refractivity contribution in [1.82, 2.24) is 29.9 Å². The number of pyridine rings is 1. The fourth-order valence-electron chi connectivity index (χ4n) is 3.80. The molecule has 1 aromatic carbocycles. The van der Waals surface area contributed by atoms with E-state index in [-0.39, 0.29) is 18.1 Å². The minimum Gasteiger partial charge on any atom is -0.493 e. The smallest absolute Gasteiger partial charge is 0.303 e. The Labute approximate surface area is 207 Å². The third-order valence-electron chi connectivity index (χ3n) is 5.78. The maximum absolute atomic E-state index is 14.2. The van der Waals surface area contributed by atoms with Gasteiger partial charge in [0.2, 0.25) is 5.95 Å². The van der Waals surface area contributed by atoms with Crippen molar-refractivity contribution in [3.63, 3.8) is 0 Å². The van der Waals surface area contributed by atoms with Crippen molar-refractivity contribution >= 4 is 11.9 Å². The number of anilines is 1. The maximum Gasteiger partial charge on any atom is 0.303 e. The zero-order valence-corrected chi connectivity index (χ0v) is 20.1. The Morgan fingerprint density at radius 2 is 1.86 bits per heavy atom. The Morgan fingerprint density at radius 3 is 2.61 bits per heavy atom. The van der Waals surface area contributed by atoms with Gasteiger partial charge < -0.3 is 15.6 Å². The van der Waals surface area contributed by atoms with E-state index in [0.717, 1.165) is 11.4 Å². The topological polar surface area (TPSA) is 142 Å². The minimum atomic E-state index is -0.835. The zero-order chi connectivity index (χ0) is 25.9. The van der Waals surface area contributed by atoms with Crippen LogP contribution in [0.4, 0.5) is 10.3 Å². The number of aliphatic carboxylic acids is 1. The van der Waals surface area contributed by atoms with Gasteiger partial charge in [0.05, 0.1) is 36.9 Å². The Balaban J connectivity index is 1.59. The molecule has 0 saturated carbocycles. The summed E-state index contributed by atoms with van der Waals surface area (Å²) in [6, 6.07) is 11.8. The molecule has 3 aromatic heterocycles. The normalized spacial score (nSPS) is 11.4. The number of methoxy groups -OCH3 is 1. The SMILES string of the molecule is COc1c(F)cccc1-c1cc(-c2cn(Cc3cccc(C(C)(C)CCC(=O)O)n3)nn2)nc(N)n1. The summed E-state index contributed by atoms with van der Waals surface area (Å²) < 4.78 is 21.0. The fraction of sp³-hybridized carbons (Fsp3) is 0.280. The molecule has 0 radical (unpaired) electrons. The van der Waals surface area contributed by atoms with Gasteiger partial charge in [-0.05, 0) is 36.8 Å². The zero-order valence-electron chi connectivity index (χ0n) is 20.1. The van der Waals surface area contributed by atoms with Gasteiger partial charge in [0.25, 0.3) is 0 Å². The highest BCUT2D eigenvalue weighted by Gasteiger charge is 2.23. The molecule has 0 unspecified atom stereocenters. The van der Waals surface area contributed by atoms with Crippen LogP contribution in [-0.4, -0.2) is 48.1 Å². The number of halogens is 1. The molecule has 4 rings (SSSR count). The number of hydrogen-bond donors (Lipinski definition) is 2. The van der Waals surface area contributed by atoms with Crippen LogP contribution in [-0.2, 0) is 16.8 Å². The van der Waals surface area contributed by atoms with E-state index in [1.807, 2.05) is 32.0 Å². The first kappa shape index (κ1) is 24.7. The highest BCUT2D eigenvalue weighted by atomic mass is 19.1. The maximum atomic E-state index is 14.2. The molecule has 0 aliphatic rings. The molecule has 0 bridgehead atoms. The van der Waals surface area contributed by atoms with Gasteiger partial charge in [0.1, 0.15) is 5.69 Å². The van der Waals surface area contributed by atoms with Gasteiger partial charge >= 0.3 is 5.97 Å². The molecule has 10 nitrogen and oxygen atoms in total. The summed E-state index contributed by atoms with van der Waals surface area (Å²) in [5.41, 5.74) is 8.80. The van der Waals surface area contributed by atoms with Gasteiger partial charge in [-0.3, -0.25) is 9.78 Å². The van der Waals surface area contributed by atoms with E-state index >= 15 is 0 Å². The molecular weight excluding hydrogens is 465 g/mol.